The number of nitrogens with zero attached hydrogens (tertiary/aromatic N) is 2. The molecule has 0 saturated carbocycles. The third kappa shape index (κ3) is 2.90. The highest BCUT2D eigenvalue weighted by atomic mass is 16.5. The van der Waals surface area contributed by atoms with Crippen molar-refractivity contribution >= 4 is 16.9 Å². The normalized spacial score (nSPS) is 20.4. The maximum Gasteiger partial charge on any atom is 0.287 e. The fourth-order valence-electron chi connectivity index (χ4n) is 3.65. The number of amides is 1. The van der Waals surface area contributed by atoms with E-state index in [9.17, 15) is 4.79 Å². The Balaban J connectivity index is 1.59. The van der Waals surface area contributed by atoms with Gasteiger partial charge in [-0.2, -0.15) is 0 Å². The van der Waals surface area contributed by atoms with Crippen molar-refractivity contribution in [2.75, 3.05) is 6.61 Å². The first-order valence-corrected chi connectivity index (χ1v) is 9.10. The number of hydrogen-bond donors (Lipinski definition) is 1. The lowest BCUT2D eigenvalue weighted by Gasteiger charge is -2.32. The van der Waals surface area contributed by atoms with Gasteiger partial charge < -0.3 is 19.0 Å². The van der Waals surface area contributed by atoms with Gasteiger partial charge in [-0.1, -0.05) is 18.2 Å². The van der Waals surface area contributed by atoms with E-state index in [0.717, 1.165) is 41.7 Å². The number of ether oxygens (including phenoxy) is 1. The Kier molecular flexibility index (Phi) is 4.51. The summed E-state index contributed by atoms with van der Waals surface area (Å²) in [6, 6.07) is 7.57. The third-order valence-corrected chi connectivity index (χ3v) is 5.03. The fraction of sp³-hybridized carbons (Fsp3) is 0.400. The average molecular weight is 353 g/mol. The quantitative estimate of drug-likeness (QED) is 0.778. The number of carbonyl (C=O) groups excluding carboxylic acids is 1. The minimum absolute atomic E-state index is 0.128. The highest BCUT2D eigenvalue weighted by Gasteiger charge is 2.33. The standard InChI is InChI=1S/C20H23N3O3/c1-3-23-11-10-21-19(23)18-15(8-6-12-25-18)22-20(24)17-13(2)14-7-4-5-9-16(14)26-17/h4-5,7,9-11,15,18H,3,6,8,12H2,1-2H3,(H,22,24)/t15-,18-/m1/s1. The molecule has 4 rings (SSSR count). The second kappa shape index (κ2) is 6.96. The zero-order valence-electron chi connectivity index (χ0n) is 15.1. The molecule has 2 aromatic heterocycles. The first kappa shape index (κ1) is 16.8. The molecule has 1 aliphatic rings. The van der Waals surface area contributed by atoms with E-state index in [1.807, 2.05) is 37.4 Å². The van der Waals surface area contributed by atoms with Crippen LogP contribution in [0.1, 0.15) is 47.8 Å². The number of para-hydroxylation sites is 1. The Bertz CT molecular complexity index is 927. The van der Waals surface area contributed by atoms with Gasteiger partial charge in [0.15, 0.2) is 5.76 Å². The van der Waals surface area contributed by atoms with Gasteiger partial charge in [-0.25, -0.2) is 4.98 Å². The molecule has 6 nitrogen and oxygen atoms in total. The van der Waals surface area contributed by atoms with E-state index < -0.39 is 0 Å². The maximum absolute atomic E-state index is 12.9. The summed E-state index contributed by atoms with van der Waals surface area (Å²) in [5.41, 5.74) is 1.59. The molecule has 0 bridgehead atoms. The topological polar surface area (TPSA) is 69.3 Å². The molecule has 0 unspecified atom stereocenters. The fourth-order valence-corrected chi connectivity index (χ4v) is 3.65. The summed E-state index contributed by atoms with van der Waals surface area (Å²) in [6.45, 7) is 5.48. The Morgan fingerprint density at radius 2 is 2.23 bits per heavy atom. The SMILES string of the molecule is CCn1ccnc1[C@@H]1OCCC[C@H]1NC(=O)c1oc2ccccc2c1C. The first-order chi connectivity index (χ1) is 12.7. The summed E-state index contributed by atoms with van der Waals surface area (Å²) in [7, 11) is 0. The number of rotatable bonds is 4. The second-order valence-corrected chi connectivity index (χ2v) is 6.64. The summed E-state index contributed by atoms with van der Waals surface area (Å²) >= 11 is 0. The van der Waals surface area contributed by atoms with Gasteiger partial charge in [0.25, 0.3) is 5.91 Å². The average Bonchev–Trinajstić information content (AvgIpc) is 3.27. The molecule has 26 heavy (non-hydrogen) atoms. The highest BCUT2D eigenvalue weighted by Crippen LogP contribution is 2.29. The predicted molar refractivity (Wildman–Crippen MR) is 98.0 cm³/mol. The smallest absolute Gasteiger partial charge is 0.287 e. The molecule has 3 heterocycles. The molecule has 2 atom stereocenters. The van der Waals surface area contributed by atoms with Gasteiger partial charge in [0, 0.05) is 36.5 Å². The van der Waals surface area contributed by atoms with Crippen LogP contribution in [0.4, 0.5) is 0 Å². The number of imidazole rings is 1. The van der Waals surface area contributed by atoms with Crippen molar-refractivity contribution in [1.29, 1.82) is 0 Å². The van der Waals surface area contributed by atoms with E-state index in [1.54, 1.807) is 6.20 Å². The minimum atomic E-state index is -0.243. The van der Waals surface area contributed by atoms with Crippen molar-refractivity contribution in [3.05, 3.63) is 53.8 Å². The van der Waals surface area contributed by atoms with E-state index in [1.165, 1.54) is 0 Å². The van der Waals surface area contributed by atoms with E-state index in [0.29, 0.717) is 12.4 Å². The number of aromatic nitrogens is 2. The van der Waals surface area contributed by atoms with Crippen molar-refractivity contribution in [3.63, 3.8) is 0 Å². The van der Waals surface area contributed by atoms with Crippen molar-refractivity contribution in [2.24, 2.45) is 0 Å². The van der Waals surface area contributed by atoms with Gasteiger partial charge in [0.2, 0.25) is 0 Å². The van der Waals surface area contributed by atoms with Crippen LogP contribution in [0.5, 0.6) is 0 Å². The van der Waals surface area contributed by atoms with Crippen LogP contribution in [0.2, 0.25) is 0 Å². The van der Waals surface area contributed by atoms with Gasteiger partial charge in [-0.3, -0.25) is 4.79 Å². The van der Waals surface area contributed by atoms with Gasteiger partial charge in [0.05, 0.1) is 6.04 Å². The molecule has 136 valence electrons. The molecule has 1 aliphatic heterocycles. The number of hydrogen-bond acceptors (Lipinski definition) is 4. The number of nitrogens with one attached hydrogen (secondary N) is 1. The molecule has 3 aromatic rings. The Hall–Kier alpha value is -2.60. The van der Waals surface area contributed by atoms with E-state index in [2.05, 4.69) is 21.8 Å². The largest absolute Gasteiger partial charge is 0.451 e. The number of benzene rings is 1. The molecule has 6 heteroatoms. The van der Waals surface area contributed by atoms with Crippen LogP contribution in [-0.2, 0) is 11.3 Å². The van der Waals surface area contributed by atoms with Gasteiger partial charge >= 0.3 is 0 Å². The lowest BCUT2D eigenvalue weighted by atomic mass is 10.0. The number of furan rings is 1. The van der Waals surface area contributed by atoms with Crippen LogP contribution in [0.3, 0.4) is 0 Å². The van der Waals surface area contributed by atoms with Crippen LogP contribution in [0.15, 0.2) is 41.1 Å². The summed E-state index contributed by atoms with van der Waals surface area (Å²) in [5.74, 6) is 1.03. The zero-order chi connectivity index (χ0) is 18.1. The molecule has 1 aromatic carbocycles. The van der Waals surface area contributed by atoms with Crippen LogP contribution >= 0.6 is 0 Å². The lowest BCUT2D eigenvalue weighted by Crippen LogP contribution is -2.43. The molecular weight excluding hydrogens is 330 g/mol. The van der Waals surface area contributed by atoms with E-state index >= 15 is 0 Å². The molecule has 0 aliphatic carbocycles. The molecule has 0 spiro atoms. The molecule has 0 radical (unpaired) electrons. The second-order valence-electron chi connectivity index (χ2n) is 6.64. The molecule has 1 saturated heterocycles. The summed E-state index contributed by atoms with van der Waals surface area (Å²) < 4.78 is 13.8. The third-order valence-electron chi connectivity index (χ3n) is 5.03. The highest BCUT2D eigenvalue weighted by molar-refractivity contribution is 5.99. The maximum atomic E-state index is 12.9. The summed E-state index contributed by atoms with van der Waals surface area (Å²) in [4.78, 5) is 17.3. The van der Waals surface area contributed by atoms with Crippen LogP contribution in [-0.4, -0.2) is 28.1 Å². The van der Waals surface area contributed by atoms with Gasteiger partial charge in [-0.15, -0.1) is 0 Å². The summed E-state index contributed by atoms with van der Waals surface area (Å²) in [6.07, 6.45) is 5.24. The summed E-state index contributed by atoms with van der Waals surface area (Å²) in [5, 5.41) is 4.08. The van der Waals surface area contributed by atoms with Gasteiger partial charge in [0.1, 0.15) is 17.5 Å². The predicted octanol–water partition coefficient (Wildman–Crippen LogP) is 3.61. The van der Waals surface area contributed by atoms with Crippen molar-refractivity contribution in [1.82, 2.24) is 14.9 Å². The number of carbonyl (C=O) groups is 1. The van der Waals surface area contributed by atoms with Crippen molar-refractivity contribution in [2.45, 2.75) is 45.4 Å². The van der Waals surface area contributed by atoms with E-state index in [-0.39, 0.29) is 18.1 Å². The van der Waals surface area contributed by atoms with Crippen LogP contribution in [0, 0.1) is 6.92 Å². The van der Waals surface area contributed by atoms with Crippen molar-refractivity contribution in [3.8, 4) is 0 Å². The lowest BCUT2D eigenvalue weighted by molar-refractivity contribution is -0.0165. The molecule has 1 fully saturated rings. The van der Waals surface area contributed by atoms with Crippen LogP contribution < -0.4 is 5.32 Å². The Morgan fingerprint density at radius 3 is 3.04 bits per heavy atom. The van der Waals surface area contributed by atoms with Crippen molar-refractivity contribution < 1.29 is 13.9 Å². The molecular formula is C20H23N3O3. The minimum Gasteiger partial charge on any atom is -0.451 e. The Morgan fingerprint density at radius 1 is 1.38 bits per heavy atom. The monoisotopic (exact) mass is 353 g/mol. The number of aryl methyl sites for hydroxylation is 2. The van der Waals surface area contributed by atoms with Crippen LogP contribution in [0.25, 0.3) is 11.0 Å². The van der Waals surface area contributed by atoms with Gasteiger partial charge in [-0.05, 0) is 32.8 Å². The Labute approximate surface area is 152 Å². The number of fused-ring (bicyclic) bond motifs is 1. The first-order valence-electron chi connectivity index (χ1n) is 9.10. The molecule has 1 N–H and O–H groups in total. The zero-order valence-corrected chi connectivity index (χ0v) is 15.1. The van der Waals surface area contributed by atoms with E-state index in [4.69, 9.17) is 9.15 Å². The molecule has 1 amide bonds.